The molecule has 2 heterocycles. The molecule has 0 saturated heterocycles. The maximum Gasteiger partial charge on any atom is 0.0979 e. The van der Waals surface area contributed by atoms with Crippen LogP contribution in [0.4, 0.5) is 17.1 Å². The van der Waals surface area contributed by atoms with E-state index in [0.29, 0.717) is 0 Å². The van der Waals surface area contributed by atoms with Crippen molar-refractivity contribution in [1.29, 1.82) is 0 Å². The van der Waals surface area contributed by atoms with E-state index in [1.807, 2.05) is 6.20 Å². The molecule has 0 saturated carbocycles. The third kappa shape index (κ3) is 4.84. The summed E-state index contributed by atoms with van der Waals surface area (Å²) in [6.45, 7) is 4.29. The van der Waals surface area contributed by atoms with Crippen molar-refractivity contribution in [2.75, 3.05) is 4.90 Å². The minimum absolute atomic E-state index is 0.856. The van der Waals surface area contributed by atoms with Crippen molar-refractivity contribution in [2.45, 2.75) is 13.8 Å². The summed E-state index contributed by atoms with van der Waals surface area (Å²) in [5, 5.41) is 7.23. The number of aromatic nitrogens is 3. The molecule has 246 valence electrons. The van der Waals surface area contributed by atoms with Crippen LogP contribution in [0.15, 0.2) is 170 Å². The van der Waals surface area contributed by atoms with Crippen LogP contribution in [0.3, 0.4) is 0 Å². The molecule has 8 aromatic carbocycles. The van der Waals surface area contributed by atoms with Gasteiger partial charge in [-0.1, -0.05) is 114 Å². The Labute approximate surface area is 301 Å². The van der Waals surface area contributed by atoms with Crippen molar-refractivity contribution in [2.24, 2.45) is 0 Å². The third-order valence-corrected chi connectivity index (χ3v) is 10.3. The number of aryl methyl sites for hydroxylation is 2. The summed E-state index contributed by atoms with van der Waals surface area (Å²) in [7, 11) is 0. The molecule has 0 fully saturated rings. The monoisotopic (exact) mass is 666 g/mol. The Morgan fingerprint density at radius 3 is 1.58 bits per heavy atom. The van der Waals surface area contributed by atoms with Crippen molar-refractivity contribution in [3.8, 4) is 16.9 Å². The molecule has 10 rings (SSSR count). The van der Waals surface area contributed by atoms with Gasteiger partial charge >= 0.3 is 0 Å². The van der Waals surface area contributed by atoms with Crippen LogP contribution in [0.1, 0.15) is 11.1 Å². The highest BCUT2D eigenvalue weighted by Crippen LogP contribution is 2.39. The molecular weight excluding hydrogens is 633 g/mol. The Bertz CT molecular complexity index is 2910. The fourth-order valence-electron chi connectivity index (χ4n) is 7.84. The van der Waals surface area contributed by atoms with Crippen LogP contribution < -0.4 is 4.90 Å². The van der Waals surface area contributed by atoms with Crippen LogP contribution in [-0.4, -0.2) is 14.5 Å². The lowest BCUT2D eigenvalue weighted by Crippen LogP contribution is -2.10. The van der Waals surface area contributed by atoms with Crippen LogP contribution in [0.25, 0.3) is 71.3 Å². The van der Waals surface area contributed by atoms with Gasteiger partial charge in [-0.2, -0.15) is 0 Å². The number of rotatable bonds is 5. The second-order valence-corrected chi connectivity index (χ2v) is 13.7. The first kappa shape index (κ1) is 30.1. The van der Waals surface area contributed by atoms with E-state index >= 15 is 0 Å². The van der Waals surface area contributed by atoms with Crippen LogP contribution in [0, 0.1) is 13.8 Å². The number of anilines is 3. The SMILES string of the molecule is Cc1ccc2c(c1)c1cc(C)ccc1c1nc(-c3ccc(N(c4ccccc4)c4ccc(-n5c6ccccc6c6ccccc65)cc4)cc3)cnc21. The molecule has 0 N–H and O–H groups in total. The first-order chi connectivity index (χ1) is 25.6. The number of nitrogens with zero attached hydrogens (tertiary/aromatic N) is 4. The van der Waals surface area contributed by atoms with Gasteiger partial charge in [0.1, 0.15) is 0 Å². The molecule has 0 radical (unpaired) electrons. The fourth-order valence-corrected chi connectivity index (χ4v) is 7.84. The summed E-state index contributed by atoms with van der Waals surface area (Å²) in [5.41, 5.74) is 13.0. The van der Waals surface area contributed by atoms with Gasteiger partial charge in [0, 0.05) is 49.9 Å². The topological polar surface area (TPSA) is 34.0 Å². The second kappa shape index (κ2) is 11.9. The van der Waals surface area contributed by atoms with Crippen molar-refractivity contribution >= 4 is 71.4 Å². The smallest absolute Gasteiger partial charge is 0.0979 e. The molecule has 0 aliphatic carbocycles. The predicted molar refractivity (Wildman–Crippen MR) is 218 cm³/mol. The number of fused-ring (bicyclic) bond motifs is 9. The predicted octanol–water partition coefficient (Wildman–Crippen LogP) is 12.8. The molecular formula is C48H34N4. The summed E-state index contributed by atoms with van der Waals surface area (Å²) in [5.74, 6) is 0. The van der Waals surface area contributed by atoms with Gasteiger partial charge in [0.2, 0.25) is 0 Å². The summed E-state index contributed by atoms with van der Waals surface area (Å²) in [4.78, 5) is 12.6. The highest BCUT2D eigenvalue weighted by atomic mass is 15.1. The van der Waals surface area contributed by atoms with Crippen molar-refractivity contribution in [3.63, 3.8) is 0 Å². The average Bonchev–Trinajstić information content (AvgIpc) is 3.53. The molecule has 10 aromatic rings. The molecule has 0 unspecified atom stereocenters. The zero-order chi connectivity index (χ0) is 34.8. The van der Waals surface area contributed by atoms with Crippen molar-refractivity contribution in [1.82, 2.24) is 14.5 Å². The molecule has 4 nitrogen and oxygen atoms in total. The van der Waals surface area contributed by atoms with Crippen LogP contribution in [-0.2, 0) is 0 Å². The summed E-state index contributed by atoms with van der Waals surface area (Å²) in [6.07, 6.45) is 1.92. The van der Waals surface area contributed by atoms with Crippen LogP contribution >= 0.6 is 0 Å². The Kier molecular flexibility index (Phi) is 6.90. The zero-order valence-electron chi connectivity index (χ0n) is 29.0. The van der Waals surface area contributed by atoms with E-state index in [9.17, 15) is 0 Å². The average molecular weight is 667 g/mol. The zero-order valence-corrected chi connectivity index (χ0v) is 29.0. The number of hydrogen-bond acceptors (Lipinski definition) is 3. The minimum Gasteiger partial charge on any atom is -0.311 e. The molecule has 0 atom stereocenters. The molecule has 0 aliphatic heterocycles. The third-order valence-electron chi connectivity index (χ3n) is 10.3. The molecule has 52 heavy (non-hydrogen) atoms. The first-order valence-corrected chi connectivity index (χ1v) is 17.7. The summed E-state index contributed by atoms with van der Waals surface area (Å²) >= 11 is 0. The van der Waals surface area contributed by atoms with Gasteiger partial charge in [-0.25, -0.2) is 4.98 Å². The molecule has 2 aromatic heterocycles. The summed E-state index contributed by atoms with van der Waals surface area (Å²) in [6, 6.07) is 58.6. The summed E-state index contributed by atoms with van der Waals surface area (Å²) < 4.78 is 2.36. The normalized spacial score (nSPS) is 11.7. The standard InChI is InChI=1S/C48H34N4/c1-31-16-26-40-42(28-31)43-29-32(2)17-27-41(43)48-47(40)49-30-44(50-48)33-18-20-35(21-19-33)51(34-10-4-3-5-11-34)36-22-24-37(25-23-36)52-45-14-8-6-12-38(45)39-13-7-9-15-46(39)52/h3-30H,1-2H3. The first-order valence-electron chi connectivity index (χ1n) is 17.7. The Morgan fingerprint density at radius 2 is 0.962 bits per heavy atom. The van der Waals surface area contributed by atoms with Gasteiger partial charge in [0.25, 0.3) is 0 Å². The second-order valence-electron chi connectivity index (χ2n) is 13.7. The van der Waals surface area contributed by atoms with Gasteiger partial charge in [0.15, 0.2) is 0 Å². The molecule has 0 amide bonds. The van der Waals surface area contributed by atoms with Gasteiger partial charge in [0.05, 0.1) is 34.0 Å². The van der Waals surface area contributed by atoms with E-state index in [4.69, 9.17) is 9.97 Å². The van der Waals surface area contributed by atoms with E-state index in [1.165, 1.54) is 43.7 Å². The lowest BCUT2D eigenvalue weighted by Gasteiger charge is -2.26. The lowest BCUT2D eigenvalue weighted by atomic mass is 9.96. The number of para-hydroxylation sites is 3. The van der Waals surface area contributed by atoms with Gasteiger partial charge < -0.3 is 9.47 Å². The fraction of sp³-hybridized carbons (Fsp3) is 0.0417. The minimum atomic E-state index is 0.856. The Morgan fingerprint density at radius 1 is 0.442 bits per heavy atom. The Balaban J connectivity index is 1.05. The molecule has 0 aliphatic rings. The highest BCUT2D eigenvalue weighted by molar-refractivity contribution is 6.23. The van der Waals surface area contributed by atoms with Gasteiger partial charge in [-0.15, -0.1) is 0 Å². The molecule has 0 bridgehead atoms. The lowest BCUT2D eigenvalue weighted by molar-refractivity contribution is 1.17. The largest absolute Gasteiger partial charge is 0.311 e. The molecule has 0 spiro atoms. The van der Waals surface area contributed by atoms with Crippen molar-refractivity contribution < 1.29 is 0 Å². The Hall–Kier alpha value is -6.78. The highest BCUT2D eigenvalue weighted by Gasteiger charge is 2.17. The maximum absolute atomic E-state index is 5.27. The van der Waals surface area contributed by atoms with Crippen molar-refractivity contribution in [3.05, 3.63) is 181 Å². The van der Waals surface area contributed by atoms with E-state index < -0.39 is 0 Å². The van der Waals surface area contributed by atoms with E-state index in [2.05, 4.69) is 187 Å². The maximum atomic E-state index is 5.27. The van der Waals surface area contributed by atoms with Crippen LogP contribution in [0.2, 0.25) is 0 Å². The van der Waals surface area contributed by atoms with E-state index in [1.54, 1.807) is 0 Å². The van der Waals surface area contributed by atoms with Gasteiger partial charge in [-0.3, -0.25) is 4.98 Å². The quantitative estimate of drug-likeness (QED) is 0.171. The number of benzene rings is 8. The van der Waals surface area contributed by atoms with Crippen LogP contribution in [0.5, 0.6) is 0 Å². The van der Waals surface area contributed by atoms with E-state index in [-0.39, 0.29) is 0 Å². The number of hydrogen-bond donors (Lipinski definition) is 0. The molecule has 4 heteroatoms. The van der Waals surface area contributed by atoms with E-state index in [0.717, 1.165) is 55.8 Å². The van der Waals surface area contributed by atoms with Gasteiger partial charge in [-0.05, 0) is 85.3 Å².